The van der Waals surface area contributed by atoms with Crippen LogP contribution in [-0.2, 0) is 32.6 Å². The number of rotatable bonds is 5. The van der Waals surface area contributed by atoms with Crippen LogP contribution in [0, 0.1) is 34.5 Å². The average molecular weight is 561 g/mol. The molecule has 6 aliphatic rings. The lowest BCUT2D eigenvalue weighted by molar-refractivity contribution is -0.434. The van der Waals surface area contributed by atoms with Crippen molar-refractivity contribution in [3.05, 3.63) is 35.5 Å². The molecule has 0 spiro atoms. The minimum absolute atomic E-state index is 0.0832. The third kappa shape index (κ3) is 3.72. The fraction of sp³-hybridized carbons (Fsp3) is 0.733. The van der Waals surface area contributed by atoms with Gasteiger partial charge in [-0.1, -0.05) is 44.5 Å². The van der Waals surface area contributed by atoms with Gasteiger partial charge in [0.15, 0.2) is 23.5 Å². The third-order valence-corrected chi connectivity index (χ3v) is 12.2. The largest absolute Gasteiger partial charge is 0.454 e. The number of carbonyl (C=O) groups excluding carboxylic acids is 2. The maximum atomic E-state index is 13.5. The number of fused-ring (bicyclic) bond motifs is 5. The zero-order valence-corrected chi connectivity index (χ0v) is 24.2. The molecule has 0 aromatic carbocycles. The van der Waals surface area contributed by atoms with Crippen molar-refractivity contribution in [2.45, 2.75) is 103 Å². The van der Waals surface area contributed by atoms with Crippen LogP contribution in [-0.4, -0.2) is 34.5 Å². The molecule has 6 rings (SSSR count). The quantitative estimate of drug-likeness (QED) is 0.102. The smallest absolute Gasteiger partial charge is 0.334 e. The van der Waals surface area contributed by atoms with Gasteiger partial charge in [0.2, 0.25) is 0 Å². The minimum Gasteiger partial charge on any atom is -0.454 e. The fourth-order valence-corrected chi connectivity index (χ4v) is 10.2. The highest BCUT2D eigenvalue weighted by atomic mass is 32.2. The first-order valence-corrected chi connectivity index (χ1v) is 14.9. The first-order chi connectivity index (χ1) is 18.4. The van der Waals surface area contributed by atoms with Crippen molar-refractivity contribution < 1.29 is 37.9 Å². The lowest BCUT2D eigenvalue weighted by Crippen LogP contribution is -2.68. The van der Waals surface area contributed by atoms with Gasteiger partial charge in [-0.2, -0.15) is 0 Å². The Hall–Kier alpha value is -1.65. The first-order valence-electron chi connectivity index (χ1n) is 14.2. The van der Waals surface area contributed by atoms with Crippen LogP contribution in [0.3, 0.4) is 0 Å². The maximum absolute atomic E-state index is 13.5. The van der Waals surface area contributed by atoms with Gasteiger partial charge in [0, 0.05) is 17.9 Å². The maximum Gasteiger partial charge on any atom is 0.334 e. The second kappa shape index (κ2) is 9.18. The van der Waals surface area contributed by atoms with Crippen molar-refractivity contribution in [3.63, 3.8) is 0 Å². The third-order valence-electron chi connectivity index (χ3n) is 11.7. The van der Waals surface area contributed by atoms with Gasteiger partial charge < -0.3 is 9.47 Å². The van der Waals surface area contributed by atoms with Crippen molar-refractivity contribution in [3.8, 4) is 0 Å². The summed E-state index contributed by atoms with van der Waals surface area (Å²) < 4.78 is 23.4. The Balaban J connectivity index is 1.43. The van der Waals surface area contributed by atoms with Gasteiger partial charge in [-0.15, -0.1) is 4.33 Å². The van der Waals surface area contributed by atoms with Crippen LogP contribution in [0.1, 0.15) is 85.5 Å². The molecule has 5 unspecified atom stereocenters. The van der Waals surface area contributed by atoms with E-state index in [1.807, 2.05) is 13.8 Å². The Labute approximate surface area is 234 Å². The Morgan fingerprint density at radius 1 is 1.08 bits per heavy atom. The molecule has 39 heavy (non-hydrogen) atoms. The number of hydrogen-bond acceptors (Lipinski definition) is 9. The van der Waals surface area contributed by atoms with E-state index in [2.05, 4.69) is 36.4 Å². The average Bonchev–Trinajstić information content (AvgIpc) is 3.28. The normalized spacial score (nSPS) is 47.3. The van der Waals surface area contributed by atoms with Crippen LogP contribution in [0.25, 0.3) is 0 Å². The van der Waals surface area contributed by atoms with Gasteiger partial charge in [-0.05, 0) is 92.1 Å². The van der Waals surface area contributed by atoms with E-state index in [9.17, 15) is 9.59 Å². The van der Waals surface area contributed by atoms with E-state index >= 15 is 0 Å². The molecule has 5 fully saturated rings. The van der Waals surface area contributed by atoms with E-state index in [4.69, 9.17) is 18.9 Å². The topological polar surface area (TPSA) is 101 Å². The number of hydrogen-bond donors (Lipinski definition) is 1. The number of allylic oxidation sites excluding steroid dienone is 1. The highest BCUT2D eigenvalue weighted by Crippen LogP contribution is 2.71. The SMILES string of the molecule is C=C1CCC[C@]2(C)CC3(C45C[C@@]6(C)CCC(OSOOO)C(=C)[C@@H]6CC4C(C)C(=O)O5)OC(=O)C(C)=C3C[C@@H]12. The van der Waals surface area contributed by atoms with Crippen LogP contribution in [0.2, 0.25) is 0 Å². The van der Waals surface area contributed by atoms with Gasteiger partial charge >= 0.3 is 11.9 Å². The monoisotopic (exact) mass is 560 g/mol. The van der Waals surface area contributed by atoms with E-state index in [0.29, 0.717) is 49.5 Å². The van der Waals surface area contributed by atoms with Crippen LogP contribution < -0.4 is 0 Å². The second-order valence-corrected chi connectivity index (χ2v) is 14.1. The highest BCUT2D eigenvalue weighted by Gasteiger charge is 2.76. The molecule has 4 saturated carbocycles. The molecule has 0 bridgehead atoms. The van der Waals surface area contributed by atoms with Crippen LogP contribution in [0.5, 0.6) is 0 Å². The molecular weight excluding hydrogens is 520 g/mol. The van der Waals surface area contributed by atoms with Crippen LogP contribution in [0.15, 0.2) is 35.5 Å². The summed E-state index contributed by atoms with van der Waals surface area (Å²) in [4.78, 5) is 26.9. The molecule has 0 aromatic heterocycles. The summed E-state index contributed by atoms with van der Waals surface area (Å²) in [5.41, 5.74) is 1.71. The summed E-state index contributed by atoms with van der Waals surface area (Å²) in [5.74, 6) is -0.566. The second-order valence-electron chi connectivity index (χ2n) is 13.7. The zero-order valence-electron chi connectivity index (χ0n) is 23.4. The summed E-state index contributed by atoms with van der Waals surface area (Å²) in [6.45, 7) is 17.3. The summed E-state index contributed by atoms with van der Waals surface area (Å²) in [6, 6.07) is 0. The number of carbonyl (C=O) groups is 2. The molecule has 214 valence electrons. The first kappa shape index (κ1) is 27.5. The zero-order chi connectivity index (χ0) is 28.0. The van der Waals surface area contributed by atoms with Crippen molar-refractivity contribution in [1.29, 1.82) is 0 Å². The molecule has 2 aliphatic heterocycles. The molecule has 0 radical (unpaired) electrons. The molecule has 0 amide bonds. The summed E-state index contributed by atoms with van der Waals surface area (Å²) in [7, 11) is 0. The Kier molecular flexibility index (Phi) is 6.48. The Bertz CT molecular complexity index is 1160. The molecule has 1 N–H and O–H groups in total. The van der Waals surface area contributed by atoms with Crippen molar-refractivity contribution >= 4 is 24.3 Å². The molecule has 9 atom stereocenters. The van der Waals surface area contributed by atoms with E-state index in [-0.39, 0.29) is 46.6 Å². The molecule has 2 heterocycles. The van der Waals surface area contributed by atoms with Gasteiger partial charge in [0.1, 0.15) is 0 Å². The molecule has 1 saturated heterocycles. The van der Waals surface area contributed by atoms with E-state index in [0.717, 1.165) is 43.3 Å². The standard InChI is InChI=1S/C30H40O8S/c1-16-8-7-10-27(5)14-29(22(12-20(16)27)18(3)25(31)34-29)30-15-28(6)11-9-24(36-39-38-37-33)17(2)21(28)13-23(30)19(4)26(32)35-30/h19-21,23-24,33H,1-2,7-15H2,3-6H3/t19?,20-,21-,23?,24?,27+,28+,29?,30?/m0/s1. The predicted octanol–water partition coefficient (Wildman–Crippen LogP) is 6.44. The minimum atomic E-state index is -0.965. The summed E-state index contributed by atoms with van der Waals surface area (Å²) in [6.07, 6.45) is 7.08. The van der Waals surface area contributed by atoms with Crippen molar-refractivity contribution in [1.82, 2.24) is 0 Å². The number of esters is 2. The lowest BCUT2D eigenvalue weighted by atomic mass is 9.44. The predicted molar refractivity (Wildman–Crippen MR) is 143 cm³/mol. The van der Waals surface area contributed by atoms with E-state index in [1.54, 1.807) is 0 Å². The highest BCUT2D eigenvalue weighted by molar-refractivity contribution is 7.89. The van der Waals surface area contributed by atoms with Crippen LogP contribution >= 0.6 is 12.3 Å². The molecule has 4 aliphatic carbocycles. The van der Waals surface area contributed by atoms with Gasteiger partial charge in [0.05, 0.1) is 12.0 Å². The Morgan fingerprint density at radius 3 is 2.56 bits per heavy atom. The summed E-state index contributed by atoms with van der Waals surface area (Å²) in [5, 5.41) is 12.1. The Morgan fingerprint density at radius 2 is 1.82 bits per heavy atom. The number of ether oxygens (including phenoxy) is 2. The fourth-order valence-electron chi connectivity index (χ4n) is 9.79. The van der Waals surface area contributed by atoms with Gasteiger partial charge in [-0.25, -0.2) is 10.1 Å². The molecule has 9 heteroatoms. The molecular formula is C30H40O8S. The molecule has 8 nitrogen and oxygen atoms in total. The lowest BCUT2D eigenvalue weighted by Gasteiger charge is -2.63. The summed E-state index contributed by atoms with van der Waals surface area (Å²) >= 11 is 0.584. The van der Waals surface area contributed by atoms with Gasteiger partial charge in [-0.3, -0.25) is 8.98 Å². The van der Waals surface area contributed by atoms with Gasteiger partial charge in [0.25, 0.3) is 0 Å². The molecule has 0 aromatic rings. The van der Waals surface area contributed by atoms with E-state index < -0.39 is 11.2 Å². The van der Waals surface area contributed by atoms with E-state index in [1.165, 1.54) is 5.57 Å². The van der Waals surface area contributed by atoms with Crippen molar-refractivity contribution in [2.75, 3.05) is 0 Å². The van der Waals surface area contributed by atoms with Crippen molar-refractivity contribution in [2.24, 2.45) is 34.5 Å². The van der Waals surface area contributed by atoms with Crippen LogP contribution in [0.4, 0.5) is 0 Å².